The van der Waals surface area contributed by atoms with E-state index >= 15 is 0 Å². The van der Waals surface area contributed by atoms with Crippen LogP contribution in [-0.4, -0.2) is 5.88 Å². The predicted molar refractivity (Wildman–Crippen MR) is 73.2 cm³/mol. The molecule has 1 heteroatoms. The molecule has 0 aliphatic carbocycles. The van der Waals surface area contributed by atoms with Crippen molar-refractivity contribution in [2.24, 2.45) is 11.3 Å². The number of hydrogen-bond acceptors (Lipinski definition) is 0. The minimum Gasteiger partial charge on any atom is -0.126 e. The molecule has 0 bridgehead atoms. The molecule has 90 valence electrons. The predicted octanol–water partition coefficient (Wildman–Crippen LogP) is 4.69. The van der Waals surface area contributed by atoms with E-state index in [1.54, 1.807) is 0 Å². The average molecular weight is 239 g/mol. The van der Waals surface area contributed by atoms with Crippen molar-refractivity contribution >= 4 is 11.6 Å². The van der Waals surface area contributed by atoms with Crippen molar-refractivity contribution in [3.05, 3.63) is 35.4 Å². The molecule has 0 spiro atoms. The zero-order valence-corrected chi connectivity index (χ0v) is 11.6. The first-order chi connectivity index (χ1) is 7.47. The summed E-state index contributed by atoms with van der Waals surface area (Å²) in [5, 5.41) is 0. The molecular formula is C15H23Cl. The number of alkyl halides is 1. The Bertz CT molecular complexity index is 305. The summed E-state index contributed by atoms with van der Waals surface area (Å²) in [6.45, 7) is 8.98. The highest BCUT2D eigenvalue weighted by Crippen LogP contribution is 2.30. The third-order valence-corrected chi connectivity index (χ3v) is 3.70. The second-order valence-corrected chi connectivity index (χ2v) is 5.90. The van der Waals surface area contributed by atoms with Crippen LogP contribution in [0.2, 0.25) is 0 Å². The highest BCUT2D eigenvalue weighted by atomic mass is 35.5. The van der Waals surface area contributed by atoms with Gasteiger partial charge in [0.1, 0.15) is 0 Å². The number of halogens is 1. The van der Waals surface area contributed by atoms with E-state index in [-0.39, 0.29) is 5.41 Å². The Balaban J connectivity index is 2.71. The van der Waals surface area contributed by atoms with Gasteiger partial charge in [-0.1, -0.05) is 52.0 Å². The SMILES string of the molecule is CCc1ccc(CC(CCl)C(C)(C)C)cc1. The maximum Gasteiger partial charge on any atom is 0.0259 e. The first-order valence-corrected chi connectivity index (χ1v) is 6.64. The molecule has 0 aliphatic rings. The van der Waals surface area contributed by atoms with Crippen LogP contribution in [0.3, 0.4) is 0 Å². The van der Waals surface area contributed by atoms with Crippen LogP contribution in [0.25, 0.3) is 0 Å². The Morgan fingerprint density at radius 1 is 1.06 bits per heavy atom. The van der Waals surface area contributed by atoms with Crippen molar-refractivity contribution in [3.63, 3.8) is 0 Å². The molecule has 1 aromatic carbocycles. The van der Waals surface area contributed by atoms with Gasteiger partial charge < -0.3 is 0 Å². The second kappa shape index (κ2) is 5.72. The van der Waals surface area contributed by atoms with E-state index in [2.05, 4.69) is 52.0 Å². The van der Waals surface area contributed by atoms with E-state index in [1.165, 1.54) is 11.1 Å². The van der Waals surface area contributed by atoms with Crippen LogP contribution in [-0.2, 0) is 12.8 Å². The number of benzene rings is 1. The smallest absolute Gasteiger partial charge is 0.0259 e. The summed E-state index contributed by atoms with van der Waals surface area (Å²) in [7, 11) is 0. The van der Waals surface area contributed by atoms with Crippen LogP contribution in [0.1, 0.15) is 38.8 Å². The molecule has 0 aromatic heterocycles. The quantitative estimate of drug-likeness (QED) is 0.668. The van der Waals surface area contributed by atoms with E-state index in [0.717, 1.165) is 18.7 Å². The molecule has 1 rings (SSSR count). The van der Waals surface area contributed by atoms with Crippen LogP contribution in [0, 0.1) is 11.3 Å². The fraction of sp³-hybridized carbons (Fsp3) is 0.600. The lowest BCUT2D eigenvalue weighted by molar-refractivity contribution is 0.264. The van der Waals surface area contributed by atoms with E-state index in [4.69, 9.17) is 11.6 Å². The highest BCUT2D eigenvalue weighted by molar-refractivity contribution is 6.18. The Kier molecular flexibility index (Phi) is 4.86. The second-order valence-electron chi connectivity index (χ2n) is 5.59. The Labute approximate surface area is 105 Å². The molecule has 0 amide bonds. The van der Waals surface area contributed by atoms with Gasteiger partial charge in [0.05, 0.1) is 0 Å². The van der Waals surface area contributed by atoms with Crippen molar-refractivity contribution in [2.45, 2.75) is 40.5 Å². The molecule has 1 unspecified atom stereocenters. The number of hydrogen-bond donors (Lipinski definition) is 0. The lowest BCUT2D eigenvalue weighted by atomic mass is 9.78. The zero-order chi connectivity index (χ0) is 12.2. The van der Waals surface area contributed by atoms with E-state index < -0.39 is 0 Å². The topological polar surface area (TPSA) is 0 Å². The molecule has 1 aromatic rings. The molecule has 0 fully saturated rings. The lowest BCUT2D eigenvalue weighted by Gasteiger charge is -2.29. The van der Waals surface area contributed by atoms with Crippen molar-refractivity contribution in [2.75, 3.05) is 5.88 Å². The summed E-state index contributed by atoms with van der Waals surface area (Å²) in [6.07, 6.45) is 2.19. The van der Waals surface area contributed by atoms with E-state index in [0.29, 0.717) is 5.92 Å². The summed E-state index contributed by atoms with van der Waals surface area (Å²) in [5.41, 5.74) is 3.09. The first kappa shape index (κ1) is 13.6. The van der Waals surface area contributed by atoms with Crippen LogP contribution < -0.4 is 0 Å². The van der Waals surface area contributed by atoms with Gasteiger partial charge in [-0.25, -0.2) is 0 Å². The fourth-order valence-corrected chi connectivity index (χ4v) is 2.36. The fourth-order valence-electron chi connectivity index (χ4n) is 1.79. The molecule has 1 atom stereocenters. The molecule has 16 heavy (non-hydrogen) atoms. The Morgan fingerprint density at radius 3 is 1.94 bits per heavy atom. The normalized spacial score (nSPS) is 13.8. The standard InChI is InChI=1S/C15H23Cl/c1-5-12-6-8-13(9-7-12)10-14(11-16)15(2,3)4/h6-9,14H,5,10-11H2,1-4H3. The summed E-state index contributed by atoms with van der Waals surface area (Å²) in [4.78, 5) is 0. The molecule has 0 saturated carbocycles. The van der Waals surface area contributed by atoms with Gasteiger partial charge in [0.15, 0.2) is 0 Å². The maximum atomic E-state index is 6.06. The molecular weight excluding hydrogens is 216 g/mol. The molecule has 0 radical (unpaired) electrons. The Morgan fingerprint density at radius 2 is 1.56 bits per heavy atom. The van der Waals surface area contributed by atoms with Crippen LogP contribution in [0.4, 0.5) is 0 Å². The van der Waals surface area contributed by atoms with Crippen molar-refractivity contribution in [1.29, 1.82) is 0 Å². The van der Waals surface area contributed by atoms with Gasteiger partial charge in [-0.2, -0.15) is 0 Å². The van der Waals surface area contributed by atoms with Crippen molar-refractivity contribution in [1.82, 2.24) is 0 Å². The summed E-state index contributed by atoms with van der Waals surface area (Å²) in [6, 6.07) is 8.93. The van der Waals surface area contributed by atoms with E-state index in [1.807, 2.05) is 0 Å². The zero-order valence-electron chi connectivity index (χ0n) is 10.9. The van der Waals surface area contributed by atoms with Gasteiger partial charge >= 0.3 is 0 Å². The number of rotatable bonds is 4. The van der Waals surface area contributed by atoms with Gasteiger partial charge in [-0.3, -0.25) is 0 Å². The largest absolute Gasteiger partial charge is 0.126 e. The van der Waals surface area contributed by atoms with Gasteiger partial charge in [0.2, 0.25) is 0 Å². The molecule has 0 N–H and O–H groups in total. The number of aryl methyl sites for hydroxylation is 1. The van der Waals surface area contributed by atoms with Gasteiger partial charge in [-0.05, 0) is 35.3 Å². The molecule has 0 nitrogen and oxygen atoms in total. The first-order valence-electron chi connectivity index (χ1n) is 6.11. The van der Waals surface area contributed by atoms with Crippen molar-refractivity contribution in [3.8, 4) is 0 Å². The third kappa shape index (κ3) is 3.83. The van der Waals surface area contributed by atoms with Crippen LogP contribution in [0.15, 0.2) is 24.3 Å². The van der Waals surface area contributed by atoms with Gasteiger partial charge in [0, 0.05) is 5.88 Å². The Hall–Kier alpha value is -0.490. The summed E-state index contributed by atoms with van der Waals surface area (Å²) >= 11 is 6.06. The summed E-state index contributed by atoms with van der Waals surface area (Å²) < 4.78 is 0. The van der Waals surface area contributed by atoms with Gasteiger partial charge in [-0.15, -0.1) is 11.6 Å². The maximum absolute atomic E-state index is 6.06. The molecule has 0 saturated heterocycles. The molecule has 0 heterocycles. The average Bonchev–Trinajstić information content (AvgIpc) is 2.25. The molecule has 0 aliphatic heterocycles. The van der Waals surface area contributed by atoms with Gasteiger partial charge in [0.25, 0.3) is 0 Å². The minimum absolute atomic E-state index is 0.283. The highest BCUT2D eigenvalue weighted by Gasteiger charge is 2.23. The van der Waals surface area contributed by atoms with E-state index in [9.17, 15) is 0 Å². The van der Waals surface area contributed by atoms with Crippen LogP contribution >= 0.6 is 11.6 Å². The van der Waals surface area contributed by atoms with Crippen molar-refractivity contribution < 1.29 is 0 Å². The third-order valence-electron chi connectivity index (χ3n) is 3.32. The summed E-state index contributed by atoms with van der Waals surface area (Å²) in [5.74, 6) is 1.28. The lowest BCUT2D eigenvalue weighted by Crippen LogP contribution is -2.24. The minimum atomic E-state index is 0.283. The monoisotopic (exact) mass is 238 g/mol. The van der Waals surface area contributed by atoms with Crippen LogP contribution in [0.5, 0.6) is 0 Å².